The van der Waals surface area contributed by atoms with Crippen LogP contribution in [0.3, 0.4) is 0 Å². The summed E-state index contributed by atoms with van der Waals surface area (Å²) in [5.41, 5.74) is 1.88. The number of benzene rings is 1. The van der Waals surface area contributed by atoms with Crippen LogP contribution < -0.4 is 5.32 Å². The zero-order chi connectivity index (χ0) is 16.2. The Kier molecular flexibility index (Phi) is 4.40. The molecule has 0 aliphatic rings. The van der Waals surface area contributed by atoms with Crippen molar-refractivity contribution in [1.82, 2.24) is 20.0 Å². The van der Waals surface area contributed by atoms with Gasteiger partial charge in [-0.3, -0.25) is 9.89 Å². The molecule has 23 heavy (non-hydrogen) atoms. The summed E-state index contributed by atoms with van der Waals surface area (Å²) in [6.07, 6.45) is 1.50. The van der Waals surface area contributed by atoms with E-state index in [1.165, 1.54) is 10.9 Å². The number of anilines is 1. The third kappa shape index (κ3) is 3.41. The van der Waals surface area contributed by atoms with E-state index in [1.54, 1.807) is 24.3 Å². The number of rotatable bonds is 5. The highest BCUT2D eigenvalue weighted by Gasteiger charge is 2.14. The molecule has 7 nitrogen and oxygen atoms in total. The number of nitrogens with one attached hydrogen (secondary N) is 2. The van der Waals surface area contributed by atoms with Crippen molar-refractivity contribution in [3.05, 3.63) is 53.3 Å². The predicted octanol–water partition coefficient (Wildman–Crippen LogP) is 2.17. The first kappa shape index (κ1) is 15.3. The molecule has 1 aromatic carbocycles. The van der Waals surface area contributed by atoms with E-state index < -0.39 is 0 Å². The number of aromatic nitrogens is 4. The molecule has 2 heterocycles. The van der Waals surface area contributed by atoms with Gasteiger partial charge < -0.3 is 10.4 Å². The van der Waals surface area contributed by atoms with Gasteiger partial charge in [0.2, 0.25) is 0 Å². The molecular weight excluding hydrogens is 318 g/mol. The van der Waals surface area contributed by atoms with E-state index in [0.717, 1.165) is 5.56 Å². The third-order valence-corrected chi connectivity index (χ3v) is 3.47. The van der Waals surface area contributed by atoms with Crippen LogP contribution in [0.5, 0.6) is 0 Å². The van der Waals surface area contributed by atoms with Crippen molar-refractivity contribution >= 4 is 23.3 Å². The number of carbonyl (C=O) groups is 1. The van der Waals surface area contributed by atoms with Gasteiger partial charge in [-0.2, -0.15) is 10.2 Å². The third-order valence-electron chi connectivity index (χ3n) is 3.22. The topological polar surface area (TPSA) is 95.8 Å². The number of H-pyrrole nitrogens is 1. The second-order valence-electron chi connectivity index (χ2n) is 4.79. The summed E-state index contributed by atoms with van der Waals surface area (Å²) in [5, 5.41) is 23.3. The molecule has 0 aliphatic heterocycles. The molecule has 118 valence electrons. The second-order valence-corrected chi connectivity index (χ2v) is 5.23. The minimum absolute atomic E-state index is 0.0886. The van der Waals surface area contributed by atoms with Crippen LogP contribution in [0, 0.1) is 0 Å². The number of aliphatic hydroxyl groups is 1. The highest BCUT2D eigenvalue weighted by molar-refractivity contribution is 6.30. The summed E-state index contributed by atoms with van der Waals surface area (Å²) in [5.74, 6) is 0.160. The van der Waals surface area contributed by atoms with Crippen molar-refractivity contribution in [2.45, 2.75) is 6.54 Å². The highest BCUT2D eigenvalue weighted by Crippen LogP contribution is 2.23. The van der Waals surface area contributed by atoms with Crippen molar-refractivity contribution in [3.8, 4) is 11.3 Å². The molecule has 1 amide bonds. The molecule has 3 aromatic rings. The van der Waals surface area contributed by atoms with Crippen LogP contribution in [-0.2, 0) is 6.54 Å². The van der Waals surface area contributed by atoms with Gasteiger partial charge in [0.15, 0.2) is 0 Å². The number of carbonyl (C=O) groups excluding carboxylic acids is 1. The van der Waals surface area contributed by atoms with Gasteiger partial charge in [-0.1, -0.05) is 23.7 Å². The molecule has 3 N–H and O–H groups in total. The van der Waals surface area contributed by atoms with E-state index in [4.69, 9.17) is 11.6 Å². The molecule has 8 heteroatoms. The van der Waals surface area contributed by atoms with Crippen LogP contribution in [0.1, 0.15) is 10.5 Å². The average Bonchev–Trinajstić information content (AvgIpc) is 3.19. The van der Waals surface area contributed by atoms with E-state index in [9.17, 15) is 9.90 Å². The van der Waals surface area contributed by atoms with E-state index >= 15 is 0 Å². The van der Waals surface area contributed by atoms with Crippen LogP contribution >= 0.6 is 11.6 Å². The fraction of sp³-hybridized carbons (Fsp3) is 0.133. The first-order valence-electron chi connectivity index (χ1n) is 6.93. The normalized spacial score (nSPS) is 10.7. The smallest absolute Gasteiger partial charge is 0.274 e. The molecule has 0 unspecified atom stereocenters. The molecule has 3 rings (SSSR count). The Morgan fingerprint density at radius 3 is 2.74 bits per heavy atom. The quantitative estimate of drug-likeness (QED) is 0.667. The first-order chi connectivity index (χ1) is 11.2. The molecule has 0 saturated heterocycles. The zero-order valence-electron chi connectivity index (χ0n) is 12.0. The van der Waals surface area contributed by atoms with Crippen molar-refractivity contribution < 1.29 is 9.90 Å². The maximum absolute atomic E-state index is 12.1. The minimum atomic E-state index is -0.329. The van der Waals surface area contributed by atoms with Gasteiger partial charge in [0, 0.05) is 22.8 Å². The fourth-order valence-electron chi connectivity index (χ4n) is 2.11. The van der Waals surface area contributed by atoms with Crippen LogP contribution in [0.15, 0.2) is 42.6 Å². The van der Waals surface area contributed by atoms with Crippen LogP contribution in [0.25, 0.3) is 11.3 Å². The Bertz CT molecular complexity index is 796. The lowest BCUT2D eigenvalue weighted by atomic mass is 10.1. The molecule has 0 bridgehead atoms. The van der Waals surface area contributed by atoms with E-state index in [-0.39, 0.29) is 19.1 Å². The summed E-state index contributed by atoms with van der Waals surface area (Å²) in [4.78, 5) is 12.1. The maximum atomic E-state index is 12.1. The second kappa shape index (κ2) is 6.64. The van der Waals surface area contributed by atoms with Gasteiger partial charge in [0.05, 0.1) is 18.8 Å². The molecule has 0 radical (unpaired) electrons. The number of amides is 1. The molecule has 0 aliphatic carbocycles. The fourth-order valence-corrected chi connectivity index (χ4v) is 2.24. The Balaban J connectivity index is 1.89. The van der Waals surface area contributed by atoms with Gasteiger partial charge in [-0.25, -0.2) is 4.68 Å². The van der Waals surface area contributed by atoms with Gasteiger partial charge >= 0.3 is 0 Å². The average molecular weight is 332 g/mol. The lowest BCUT2D eigenvalue weighted by Gasteiger charge is -2.06. The predicted molar refractivity (Wildman–Crippen MR) is 86.3 cm³/mol. The zero-order valence-corrected chi connectivity index (χ0v) is 12.8. The van der Waals surface area contributed by atoms with Crippen LogP contribution in [0.2, 0.25) is 5.02 Å². The lowest BCUT2D eigenvalue weighted by Crippen LogP contribution is -2.17. The lowest BCUT2D eigenvalue weighted by molar-refractivity contribution is 0.102. The Hall–Kier alpha value is -2.64. The number of aromatic amines is 1. The molecule has 0 fully saturated rings. The van der Waals surface area contributed by atoms with Crippen molar-refractivity contribution in [3.63, 3.8) is 0 Å². The summed E-state index contributed by atoms with van der Waals surface area (Å²) in [7, 11) is 0. The van der Waals surface area contributed by atoms with Gasteiger partial charge in [-0.05, 0) is 18.2 Å². The SMILES string of the molecule is O=C(Nc1cc(-c2ccc(Cl)cc2)nn1CCO)c1ccn[nH]1. The van der Waals surface area contributed by atoms with Crippen molar-refractivity contribution in [2.24, 2.45) is 0 Å². The maximum Gasteiger partial charge on any atom is 0.274 e. The molecule has 0 saturated carbocycles. The summed E-state index contributed by atoms with van der Waals surface area (Å²) in [6, 6.07) is 10.5. The van der Waals surface area contributed by atoms with E-state index in [2.05, 4.69) is 20.6 Å². The molecule has 2 aromatic heterocycles. The monoisotopic (exact) mass is 331 g/mol. The van der Waals surface area contributed by atoms with Gasteiger partial charge in [0.25, 0.3) is 5.91 Å². The van der Waals surface area contributed by atoms with Crippen molar-refractivity contribution in [1.29, 1.82) is 0 Å². The summed E-state index contributed by atoms with van der Waals surface area (Å²) >= 11 is 5.89. The summed E-state index contributed by atoms with van der Waals surface area (Å²) in [6.45, 7) is 0.181. The number of hydrogen-bond donors (Lipinski definition) is 3. The van der Waals surface area contributed by atoms with Gasteiger partial charge in [-0.15, -0.1) is 0 Å². The molecular formula is C15H14ClN5O2. The van der Waals surface area contributed by atoms with Crippen LogP contribution in [0.4, 0.5) is 5.82 Å². The first-order valence-corrected chi connectivity index (χ1v) is 7.30. The highest BCUT2D eigenvalue weighted by atomic mass is 35.5. The Morgan fingerprint density at radius 1 is 1.30 bits per heavy atom. The molecule has 0 spiro atoms. The van der Waals surface area contributed by atoms with E-state index in [1.807, 2.05) is 12.1 Å². The van der Waals surface area contributed by atoms with Crippen molar-refractivity contribution in [2.75, 3.05) is 11.9 Å². The standard InChI is InChI=1S/C15H14ClN5O2/c16-11-3-1-10(2-4-11)13-9-14(21(20-13)7-8-22)18-15(23)12-5-6-17-19-12/h1-6,9,22H,7-8H2,(H,17,19)(H,18,23). The Labute approximate surface area is 136 Å². The summed E-state index contributed by atoms with van der Waals surface area (Å²) < 4.78 is 1.54. The van der Waals surface area contributed by atoms with E-state index in [0.29, 0.717) is 22.2 Å². The Morgan fingerprint density at radius 2 is 2.09 bits per heavy atom. The number of aliphatic hydroxyl groups excluding tert-OH is 1. The minimum Gasteiger partial charge on any atom is -0.394 e. The number of halogens is 1. The number of hydrogen-bond acceptors (Lipinski definition) is 4. The number of nitrogens with zero attached hydrogens (tertiary/aromatic N) is 3. The largest absolute Gasteiger partial charge is 0.394 e. The molecule has 0 atom stereocenters. The van der Waals surface area contributed by atoms with Crippen LogP contribution in [-0.4, -0.2) is 37.6 Å². The van der Waals surface area contributed by atoms with Gasteiger partial charge in [0.1, 0.15) is 11.5 Å².